The molecule has 0 amide bonds. The highest BCUT2D eigenvalue weighted by molar-refractivity contribution is 5.06. The first kappa shape index (κ1) is 13.2. The molecule has 0 saturated heterocycles. The molecule has 0 aliphatic heterocycles. The first-order valence-corrected chi connectivity index (χ1v) is 5.98. The summed E-state index contributed by atoms with van der Waals surface area (Å²) in [5.41, 5.74) is 2.24. The molecule has 0 radical (unpaired) electrons. The predicted molar refractivity (Wildman–Crippen MR) is 67.4 cm³/mol. The summed E-state index contributed by atoms with van der Waals surface area (Å²) >= 11 is 0. The molecule has 0 aromatic carbocycles. The van der Waals surface area contributed by atoms with E-state index in [1.54, 1.807) is 0 Å². The number of nitrogens with one attached hydrogen (secondary N) is 2. The zero-order chi connectivity index (χ0) is 12.0. The van der Waals surface area contributed by atoms with Gasteiger partial charge in [0.1, 0.15) is 0 Å². The van der Waals surface area contributed by atoms with E-state index >= 15 is 0 Å². The Bertz CT molecular complexity index is 293. The van der Waals surface area contributed by atoms with Gasteiger partial charge in [0.15, 0.2) is 0 Å². The van der Waals surface area contributed by atoms with Crippen LogP contribution in [-0.2, 0) is 6.54 Å². The van der Waals surface area contributed by atoms with Gasteiger partial charge in [-0.2, -0.15) is 5.10 Å². The second-order valence-electron chi connectivity index (χ2n) is 4.88. The predicted octanol–water partition coefficient (Wildman–Crippen LogP) is 1.40. The Morgan fingerprint density at radius 1 is 1.50 bits per heavy atom. The van der Waals surface area contributed by atoms with Crippen LogP contribution in [0.2, 0.25) is 0 Å². The van der Waals surface area contributed by atoms with Crippen LogP contribution in [0.15, 0.2) is 6.07 Å². The summed E-state index contributed by atoms with van der Waals surface area (Å²) in [6, 6.07) is 2.10. The Kier molecular flexibility index (Phi) is 5.49. The minimum Gasteiger partial charge on any atom is -0.315 e. The van der Waals surface area contributed by atoms with Gasteiger partial charge < -0.3 is 5.32 Å². The third-order valence-electron chi connectivity index (χ3n) is 2.41. The van der Waals surface area contributed by atoms with Crippen LogP contribution in [0.3, 0.4) is 0 Å². The van der Waals surface area contributed by atoms with Crippen molar-refractivity contribution in [2.24, 2.45) is 5.92 Å². The molecule has 1 heterocycles. The van der Waals surface area contributed by atoms with E-state index in [0.29, 0.717) is 0 Å². The first-order valence-electron chi connectivity index (χ1n) is 5.98. The third-order valence-corrected chi connectivity index (χ3v) is 2.41. The van der Waals surface area contributed by atoms with Crippen LogP contribution < -0.4 is 5.32 Å². The van der Waals surface area contributed by atoms with Gasteiger partial charge in [-0.3, -0.25) is 10.00 Å². The number of aromatic amines is 1. The van der Waals surface area contributed by atoms with Crippen LogP contribution in [0.4, 0.5) is 0 Å². The van der Waals surface area contributed by atoms with Crippen LogP contribution in [0.5, 0.6) is 0 Å². The Hall–Kier alpha value is -0.870. The Morgan fingerprint density at radius 3 is 2.81 bits per heavy atom. The van der Waals surface area contributed by atoms with Gasteiger partial charge in [0, 0.05) is 25.3 Å². The minimum absolute atomic E-state index is 0.722. The van der Waals surface area contributed by atoms with Crippen molar-refractivity contribution in [1.82, 2.24) is 20.4 Å². The zero-order valence-corrected chi connectivity index (χ0v) is 10.9. The number of hydrogen-bond acceptors (Lipinski definition) is 3. The number of aromatic nitrogens is 2. The van der Waals surface area contributed by atoms with Gasteiger partial charge in [-0.1, -0.05) is 13.8 Å². The van der Waals surface area contributed by atoms with E-state index in [1.807, 2.05) is 6.92 Å². The fraction of sp³-hybridized carbons (Fsp3) is 0.750. The van der Waals surface area contributed by atoms with Gasteiger partial charge in [0.2, 0.25) is 0 Å². The van der Waals surface area contributed by atoms with Gasteiger partial charge in [-0.15, -0.1) is 0 Å². The lowest BCUT2D eigenvalue weighted by Crippen LogP contribution is -2.30. The molecule has 4 nitrogen and oxygen atoms in total. The SMILES string of the molecule is Cc1cc(CN(C)CCNCC(C)C)n[nH]1. The number of H-pyrrole nitrogens is 1. The van der Waals surface area contributed by atoms with E-state index < -0.39 is 0 Å². The fourth-order valence-corrected chi connectivity index (χ4v) is 1.57. The molecule has 1 aromatic heterocycles. The average molecular weight is 224 g/mol. The maximum absolute atomic E-state index is 4.23. The molecule has 0 unspecified atom stereocenters. The van der Waals surface area contributed by atoms with Crippen molar-refractivity contribution in [1.29, 1.82) is 0 Å². The van der Waals surface area contributed by atoms with Crippen molar-refractivity contribution in [2.45, 2.75) is 27.3 Å². The molecule has 1 rings (SSSR count). The van der Waals surface area contributed by atoms with Crippen LogP contribution in [0.25, 0.3) is 0 Å². The number of nitrogens with zero attached hydrogens (tertiary/aromatic N) is 2. The molecule has 2 N–H and O–H groups in total. The van der Waals surface area contributed by atoms with Crippen molar-refractivity contribution in [3.63, 3.8) is 0 Å². The summed E-state index contributed by atoms with van der Waals surface area (Å²) in [5.74, 6) is 0.722. The molecule has 1 aromatic rings. The summed E-state index contributed by atoms with van der Waals surface area (Å²) in [6.07, 6.45) is 0. The lowest BCUT2D eigenvalue weighted by molar-refractivity contribution is 0.318. The maximum Gasteiger partial charge on any atom is 0.0764 e. The molecule has 0 fully saturated rings. The maximum atomic E-state index is 4.23. The standard InChI is InChI=1S/C12H24N4/c1-10(2)8-13-5-6-16(4)9-12-7-11(3)14-15-12/h7,10,13H,5-6,8-9H2,1-4H3,(H,14,15). The summed E-state index contributed by atoms with van der Waals surface area (Å²) in [5, 5.41) is 10.6. The van der Waals surface area contributed by atoms with Crippen LogP contribution in [0.1, 0.15) is 25.2 Å². The van der Waals surface area contributed by atoms with Crippen molar-refractivity contribution in [3.05, 3.63) is 17.5 Å². The smallest absolute Gasteiger partial charge is 0.0764 e. The largest absolute Gasteiger partial charge is 0.315 e. The van der Waals surface area contributed by atoms with E-state index in [-0.39, 0.29) is 0 Å². The molecule has 0 aliphatic carbocycles. The van der Waals surface area contributed by atoms with Crippen molar-refractivity contribution in [3.8, 4) is 0 Å². The van der Waals surface area contributed by atoms with E-state index in [4.69, 9.17) is 0 Å². The van der Waals surface area contributed by atoms with E-state index in [9.17, 15) is 0 Å². The van der Waals surface area contributed by atoms with Crippen molar-refractivity contribution >= 4 is 0 Å². The number of likely N-dealkylation sites (N-methyl/N-ethyl adjacent to an activating group) is 1. The lowest BCUT2D eigenvalue weighted by atomic mass is 10.2. The van der Waals surface area contributed by atoms with E-state index in [0.717, 1.165) is 43.5 Å². The minimum atomic E-state index is 0.722. The Morgan fingerprint density at radius 2 is 2.25 bits per heavy atom. The molecule has 16 heavy (non-hydrogen) atoms. The molecule has 92 valence electrons. The van der Waals surface area contributed by atoms with Crippen LogP contribution >= 0.6 is 0 Å². The molecular weight excluding hydrogens is 200 g/mol. The molecule has 0 saturated carbocycles. The highest BCUT2D eigenvalue weighted by Crippen LogP contribution is 2.00. The molecule has 0 spiro atoms. The van der Waals surface area contributed by atoms with E-state index in [1.165, 1.54) is 0 Å². The summed E-state index contributed by atoms with van der Waals surface area (Å²) in [6.45, 7) is 10.6. The van der Waals surface area contributed by atoms with E-state index in [2.05, 4.69) is 47.4 Å². The second kappa shape index (κ2) is 6.66. The van der Waals surface area contributed by atoms with Crippen molar-refractivity contribution in [2.75, 3.05) is 26.7 Å². The van der Waals surface area contributed by atoms with Gasteiger partial charge in [-0.05, 0) is 32.5 Å². The molecule has 0 bridgehead atoms. The topological polar surface area (TPSA) is 44.0 Å². The molecule has 0 atom stereocenters. The summed E-state index contributed by atoms with van der Waals surface area (Å²) in [7, 11) is 2.13. The fourth-order valence-electron chi connectivity index (χ4n) is 1.57. The average Bonchev–Trinajstić information content (AvgIpc) is 2.58. The molecule has 0 aliphatic rings. The third kappa shape index (κ3) is 5.28. The van der Waals surface area contributed by atoms with Crippen molar-refractivity contribution < 1.29 is 0 Å². The number of hydrogen-bond donors (Lipinski definition) is 2. The summed E-state index contributed by atoms with van der Waals surface area (Å²) < 4.78 is 0. The monoisotopic (exact) mass is 224 g/mol. The Balaban J connectivity index is 2.13. The lowest BCUT2D eigenvalue weighted by Gasteiger charge is -2.16. The van der Waals surface area contributed by atoms with Gasteiger partial charge in [0.05, 0.1) is 5.69 Å². The highest BCUT2D eigenvalue weighted by atomic mass is 15.2. The first-order chi connectivity index (χ1) is 7.58. The number of rotatable bonds is 7. The highest BCUT2D eigenvalue weighted by Gasteiger charge is 2.03. The second-order valence-corrected chi connectivity index (χ2v) is 4.88. The van der Waals surface area contributed by atoms with Crippen LogP contribution in [-0.4, -0.2) is 41.8 Å². The van der Waals surface area contributed by atoms with Gasteiger partial charge >= 0.3 is 0 Å². The van der Waals surface area contributed by atoms with Gasteiger partial charge in [-0.25, -0.2) is 0 Å². The molecular formula is C12H24N4. The number of aryl methyl sites for hydroxylation is 1. The normalized spacial score (nSPS) is 11.6. The summed E-state index contributed by atoms with van der Waals surface area (Å²) in [4.78, 5) is 2.28. The van der Waals surface area contributed by atoms with Gasteiger partial charge in [0.25, 0.3) is 0 Å². The quantitative estimate of drug-likeness (QED) is 0.688. The Labute approximate surface area is 98.4 Å². The van der Waals surface area contributed by atoms with Crippen LogP contribution in [0, 0.1) is 12.8 Å². The molecule has 4 heteroatoms. The zero-order valence-electron chi connectivity index (χ0n) is 10.9.